The highest BCUT2D eigenvalue weighted by Gasteiger charge is 2.56. The van der Waals surface area contributed by atoms with E-state index in [-0.39, 0.29) is 10.5 Å². The van der Waals surface area contributed by atoms with E-state index in [0.717, 1.165) is 18.4 Å². The molecule has 0 radical (unpaired) electrons. The average molecular weight is 369 g/mol. The van der Waals surface area contributed by atoms with Crippen LogP contribution >= 0.6 is 0 Å². The average Bonchev–Trinajstić information content (AvgIpc) is 2.97. The molecule has 6 nitrogen and oxygen atoms in total. The van der Waals surface area contributed by atoms with E-state index in [1.54, 1.807) is 18.2 Å². The summed E-state index contributed by atoms with van der Waals surface area (Å²) in [4.78, 5) is 0.222. The summed E-state index contributed by atoms with van der Waals surface area (Å²) in [7, 11) is -2.08. The number of hydrogen-bond acceptors (Lipinski definition) is 5. The van der Waals surface area contributed by atoms with Gasteiger partial charge in [0.15, 0.2) is 0 Å². The van der Waals surface area contributed by atoms with Gasteiger partial charge in [-0.2, -0.15) is 4.31 Å². The number of aryl methyl sites for hydroxylation is 1. The Hall–Kier alpha value is -1.15. The van der Waals surface area contributed by atoms with Crippen LogP contribution in [-0.4, -0.2) is 58.3 Å². The van der Waals surface area contributed by atoms with Gasteiger partial charge in [-0.1, -0.05) is 6.07 Å². The molecule has 0 aromatic heterocycles. The Kier molecular flexibility index (Phi) is 5.39. The normalized spacial score (nSPS) is 22.9. The van der Waals surface area contributed by atoms with E-state index in [1.807, 2.05) is 13.8 Å². The molecule has 0 bridgehead atoms. The quantitative estimate of drug-likeness (QED) is 0.690. The Morgan fingerprint density at radius 2 is 2.12 bits per heavy atom. The first-order chi connectivity index (χ1) is 11.9. The fraction of sp³-hybridized carbons (Fsp3) is 0.667. The minimum absolute atomic E-state index is 0.222. The minimum atomic E-state index is -3.58. The Morgan fingerprint density at radius 3 is 2.80 bits per heavy atom. The van der Waals surface area contributed by atoms with Crippen LogP contribution in [0.2, 0.25) is 0 Å². The second kappa shape index (κ2) is 7.23. The third-order valence-electron chi connectivity index (χ3n) is 5.24. The predicted octanol–water partition coefficient (Wildman–Crippen LogP) is 2.21. The largest absolute Gasteiger partial charge is 0.495 e. The van der Waals surface area contributed by atoms with Crippen LogP contribution in [0.1, 0.15) is 25.3 Å². The van der Waals surface area contributed by atoms with Gasteiger partial charge in [-0.3, -0.25) is 0 Å². The molecule has 1 spiro atoms. The van der Waals surface area contributed by atoms with Crippen LogP contribution in [-0.2, 0) is 19.5 Å². The third-order valence-corrected chi connectivity index (χ3v) is 7.07. The van der Waals surface area contributed by atoms with E-state index in [9.17, 15) is 8.42 Å². The fourth-order valence-electron chi connectivity index (χ4n) is 3.76. The van der Waals surface area contributed by atoms with Crippen molar-refractivity contribution in [3.8, 4) is 5.75 Å². The molecule has 3 rings (SSSR count). The Bertz CT molecular complexity index is 712. The van der Waals surface area contributed by atoms with Crippen molar-refractivity contribution in [1.82, 2.24) is 4.31 Å². The Labute approximate surface area is 150 Å². The maximum atomic E-state index is 13.0. The number of nitrogens with zero attached hydrogens (tertiary/aromatic N) is 1. The molecule has 2 aliphatic rings. The van der Waals surface area contributed by atoms with Crippen molar-refractivity contribution >= 4 is 10.0 Å². The van der Waals surface area contributed by atoms with E-state index >= 15 is 0 Å². The summed E-state index contributed by atoms with van der Waals surface area (Å²) < 4.78 is 44.2. The number of ether oxygens (including phenoxy) is 3. The molecule has 2 heterocycles. The maximum absolute atomic E-state index is 13.0. The first kappa shape index (κ1) is 18.6. The van der Waals surface area contributed by atoms with E-state index < -0.39 is 10.0 Å². The van der Waals surface area contributed by atoms with Crippen LogP contribution in [0.4, 0.5) is 0 Å². The maximum Gasteiger partial charge on any atom is 0.246 e. The highest BCUT2D eigenvalue weighted by molar-refractivity contribution is 7.89. The van der Waals surface area contributed by atoms with Gasteiger partial charge < -0.3 is 14.2 Å². The topological polar surface area (TPSA) is 65.1 Å². The highest BCUT2D eigenvalue weighted by atomic mass is 32.2. The molecule has 0 unspecified atom stereocenters. The van der Waals surface area contributed by atoms with Gasteiger partial charge in [-0.25, -0.2) is 8.42 Å². The first-order valence-electron chi connectivity index (χ1n) is 8.79. The van der Waals surface area contributed by atoms with E-state index in [2.05, 4.69) is 0 Å². The lowest BCUT2D eigenvalue weighted by atomic mass is 9.80. The number of sulfonamides is 1. The molecular formula is C18H27NO5S. The predicted molar refractivity (Wildman–Crippen MR) is 94.4 cm³/mol. The summed E-state index contributed by atoms with van der Waals surface area (Å²) in [5.41, 5.74) is 0.619. The van der Waals surface area contributed by atoms with Crippen LogP contribution in [0.5, 0.6) is 5.75 Å². The molecule has 1 aromatic carbocycles. The monoisotopic (exact) mass is 369 g/mol. The van der Waals surface area contributed by atoms with Crippen molar-refractivity contribution in [1.29, 1.82) is 0 Å². The third kappa shape index (κ3) is 3.43. The first-order valence-corrected chi connectivity index (χ1v) is 10.2. The van der Waals surface area contributed by atoms with Crippen LogP contribution in [0, 0.1) is 12.8 Å². The van der Waals surface area contributed by atoms with Gasteiger partial charge in [-0.15, -0.1) is 0 Å². The lowest BCUT2D eigenvalue weighted by Crippen LogP contribution is -2.65. The van der Waals surface area contributed by atoms with Crippen molar-refractivity contribution < 1.29 is 22.6 Å². The number of methoxy groups -OCH3 is 1. The molecule has 0 amide bonds. The summed E-state index contributed by atoms with van der Waals surface area (Å²) >= 11 is 0. The number of hydrogen-bond donors (Lipinski definition) is 0. The Balaban J connectivity index is 1.73. The summed E-state index contributed by atoms with van der Waals surface area (Å²) in [6, 6.07) is 5.16. The summed E-state index contributed by atoms with van der Waals surface area (Å²) in [6.45, 7) is 6.80. The lowest BCUT2D eigenvalue weighted by molar-refractivity contribution is -0.105. The van der Waals surface area contributed by atoms with Crippen LogP contribution in [0.25, 0.3) is 0 Å². The van der Waals surface area contributed by atoms with Crippen molar-refractivity contribution in [2.45, 2.75) is 37.2 Å². The highest BCUT2D eigenvalue weighted by Crippen LogP contribution is 2.44. The van der Waals surface area contributed by atoms with E-state index in [4.69, 9.17) is 14.2 Å². The molecule has 2 fully saturated rings. The lowest BCUT2D eigenvalue weighted by Gasteiger charge is -2.49. The second-order valence-electron chi connectivity index (χ2n) is 6.81. The standard InChI is InChI=1S/C18H27NO5S/c1-4-23-9-7-15-8-10-24-18(15)12-19(13-18)25(20,21)17-6-5-14(2)11-16(17)22-3/h5-6,11,15H,4,7-10,12-13H2,1-3H3/t15-/m1/s1. The molecular weight excluding hydrogens is 342 g/mol. The fourth-order valence-corrected chi connectivity index (χ4v) is 5.45. The van der Waals surface area contributed by atoms with Gasteiger partial charge in [0.25, 0.3) is 0 Å². The molecule has 0 N–H and O–H groups in total. The van der Waals surface area contributed by atoms with Crippen LogP contribution < -0.4 is 4.74 Å². The minimum Gasteiger partial charge on any atom is -0.495 e. The zero-order valence-electron chi connectivity index (χ0n) is 15.2. The van der Waals surface area contributed by atoms with Crippen LogP contribution in [0.3, 0.4) is 0 Å². The number of rotatable bonds is 7. The van der Waals surface area contributed by atoms with Crippen LogP contribution in [0.15, 0.2) is 23.1 Å². The van der Waals surface area contributed by atoms with E-state index in [1.165, 1.54) is 11.4 Å². The molecule has 2 saturated heterocycles. The number of benzene rings is 1. The molecule has 1 atom stereocenters. The van der Waals surface area contributed by atoms with Crippen molar-refractivity contribution in [2.24, 2.45) is 5.92 Å². The van der Waals surface area contributed by atoms with Gasteiger partial charge in [0.1, 0.15) is 10.6 Å². The zero-order chi connectivity index (χ0) is 18.1. The molecule has 25 heavy (non-hydrogen) atoms. The SMILES string of the molecule is CCOCC[C@@H]1CCOC12CN(S(=O)(=O)c1ccc(C)cc1OC)C2. The smallest absolute Gasteiger partial charge is 0.246 e. The summed E-state index contributed by atoms with van der Waals surface area (Å²) in [5.74, 6) is 0.742. The molecule has 0 aliphatic carbocycles. The van der Waals surface area contributed by atoms with Gasteiger partial charge in [0.2, 0.25) is 10.0 Å². The van der Waals surface area contributed by atoms with Crippen molar-refractivity contribution in [3.05, 3.63) is 23.8 Å². The van der Waals surface area contributed by atoms with Gasteiger partial charge in [0, 0.05) is 32.9 Å². The second-order valence-corrected chi connectivity index (χ2v) is 8.72. The molecule has 0 saturated carbocycles. The molecule has 140 valence electrons. The van der Waals surface area contributed by atoms with Crippen molar-refractivity contribution in [3.63, 3.8) is 0 Å². The van der Waals surface area contributed by atoms with Gasteiger partial charge in [0.05, 0.1) is 12.7 Å². The molecule has 1 aromatic rings. The summed E-state index contributed by atoms with van der Waals surface area (Å²) in [6.07, 6.45) is 1.88. The zero-order valence-corrected chi connectivity index (χ0v) is 16.0. The summed E-state index contributed by atoms with van der Waals surface area (Å²) in [5, 5.41) is 0. The van der Waals surface area contributed by atoms with E-state index in [0.29, 0.717) is 44.6 Å². The molecule has 2 aliphatic heterocycles. The Morgan fingerprint density at radius 1 is 1.36 bits per heavy atom. The van der Waals surface area contributed by atoms with Crippen molar-refractivity contribution in [2.75, 3.05) is 40.0 Å². The van der Waals surface area contributed by atoms with Gasteiger partial charge >= 0.3 is 0 Å². The molecule has 7 heteroatoms. The van der Waals surface area contributed by atoms with Gasteiger partial charge in [-0.05, 0) is 50.3 Å².